The van der Waals surface area contributed by atoms with Gasteiger partial charge in [0.25, 0.3) is 0 Å². The maximum atomic E-state index is 8.82. The fraction of sp³-hybridized carbons (Fsp3) is 0.500. The Labute approximate surface area is 152 Å². The van der Waals surface area contributed by atoms with Gasteiger partial charge >= 0.3 is 0 Å². The summed E-state index contributed by atoms with van der Waals surface area (Å²) in [4.78, 5) is 2.01. The predicted octanol–water partition coefficient (Wildman–Crippen LogP) is 3.76. The molecule has 0 saturated carbocycles. The first-order chi connectivity index (χ1) is 11.1. The van der Waals surface area contributed by atoms with Crippen molar-refractivity contribution in [1.82, 2.24) is 10.2 Å². The van der Waals surface area contributed by atoms with Crippen LogP contribution in [0.3, 0.4) is 0 Å². The smallest absolute Gasteiger partial charge is 0.169 e. The van der Waals surface area contributed by atoms with Crippen LogP contribution in [0.2, 0.25) is 10.0 Å². The van der Waals surface area contributed by atoms with Crippen LogP contribution in [0, 0.1) is 11.3 Å². The summed E-state index contributed by atoms with van der Waals surface area (Å²) in [5, 5.41) is 13.7. The van der Waals surface area contributed by atoms with Crippen LogP contribution in [0.25, 0.3) is 0 Å². The van der Waals surface area contributed by atoms with Crippen LogP contribution in [-0.4, -0.2) is 35.8 Å². The Balaban J connectivity index is 1.90. The molecule has 124 valence electrons. The van der Waals surface area contributed by atoms with E-state index < -0.39 is 0 Å². The van der Waals surface area contributed by atoms with E-state index in [4.69, 9.17) is 45.4 Å². The number of hydrogen-bond acceptors (Lipinski definition) is 3. The molecule has 1 N–H and O–H groups in total. The van der Waals surface area contributed by atoms with E-state index in [1.165, 1.54) is 0 Å². The lowest BCUT2D eigenvalue weighted by Crippen LogP contribution is -2.43. The number of benzene rings is 1. The van der Waals surface area contributed by atoms with Gasteiger partial charge in [0.1, 0.15) is 0 Å². The molecule has 1 atom stereocenters. The average Bonchev–Trinajstić information content (AvgIpc) is 3.05. The van der Waals surface area contributed by atoms with Crippen molar-refractivity contribution in [2.75, 3.05) is 19.7 Å². The number of ether oxygens (including phenoxy) is 1. The van der Waals surface area contributed by atoms with Crippen molar-refractivity contribution in [3.05, 3.63) is 33.8 Å². The monoisotopic (exact) mass is 371 g/mol. The SMILES string of the molecule is N#CCCN(CC1CCCO1)C(=S)NCc1ccc(Cl)c(Cl)c1. The molecule has 1 heterocycles. The van der Waals surface area contributed by atoms with E-state index in [-0.39, 0.29) is 6.10 Å². The molecule has 0 aliphatic carbocycles. The first-order valence-corrected chi connectivity index (χ1v) is 8.72. The molecule has 23 heavy (non-hydrogen) atoms. The van der Waals surface area contributed by atoms with Crippen molar-refractivity contribution in [1.29, 1.82) is 5.26 Å². The van der Waals surface area contributed by atoms with E-state index in [2.05, 4.69) is 11.4 Å². The maximum Gasteiger partial charge on any atom is 0.169 e. The van der Waals surface area contributed by atoms with Gasteiger partial charge in [-0.05, 0) is 42.8 Å². The van der Waals surface area contributed by atoms with Crippen molar-refractivity contribution < 1.29 is 4.74 Å². The molecule has 2 rings (SSSR count). The number of nitriles is 1. The van der Waals surface area contributed by atoms with E-state index in [0.717, 1.165) is 31.6 Å². The second-order valence-corrected chi connectivity index (χ2v) is 6.60. The van der Waals surface area contributed by atoms with E-state index in [1.807, 2.05) is 17.0 Å². The number of hydrogen-bond donors (Lipinski definition) is 1. The molecule has 1 aromatic rings. The summed E-state index contributed by atoms with van der Waals surface area (Å²) in [5.41, 5.74) is 0.999. The van der Waals surface area contributed by atoms with E-state index >= 15 is 0 Å². The largest absolute Gasteiger partial charge is 0.376 e. The van der Waals surface area contributed by atoms with Gasteiger partial charge in [-0.1, -0.05) is 29.3 Å². The third-order valence-electron chi connectivity index (χ3n) is 3.66. The Hall–Kier alpha value is -1.06. The van der Waals surface area contributed by atoms with Crippen molar-refractivity contribution in [3.8, 4) is 6.07 Å². The number of nitrogens with zero attached hydrogens (tertiary/aromatic N) is 2. The molecule has 1 fully saturated rings. The van der Waals surface area contributed by atoms with Crippen LogP contribution < -0.4 is 5.32 Å². The Morgan fingerprint density at radius 2 is 2.26 bits per heavy atom. The van der Waals surface area contributed by atoms with Crippen molar-refractivity contribution in [2.45, 2.75) is 31.9 Å². The quantitative estimate of drug-likeness (QED) is 0.771. The van der Waals surface area contributed by atoms with Gasteiger partial charge in [0.2, 0.25) is 0 Å². The van der Waals surface area contributed by atoms with E-state index in [1.54, 1.807) is 6.07 Å². The summed E-state index contributed by atoms with van der Waals surface area (Å²) in [6.45, 7) is 2.68. The normalized spacial score (nSPS) is 16.8. The minimum absolute atomic E-state index is 0.193. The minimum Gasteiger partial charge on any atom is -0.376 e. The lowest BCUT2D eigenvalue weighted by Gasteiger charge is -2.27. The van der Waals surface area contributed by atoms with Crippen molar-refractivity contribution in [3.63, 3.8) is 0 Å². The highest BCUT2D eigenvalue weighted by atomic mass is 35.5. The zero-order chi connectivity index (χ0) is 16.7. The Morgan fingerprint density at radius 3 is 2.91 bits per heavy atom. The minimum atomic E-state index is 0.193. The van der Waals surface area contributed by atoms with Gasteiger partial charge in [0, 0.05) is 26.2 Å². The summed E-state index contributed by atoms with van der Waals surface area (Å²) in [5.74, 6) is 0. The number of nitrogens with one attached hydrogen (secondary N) is 1. The van der Waals surface area contributed by atoms with E-state index in [0.29, 0.717) is 34.7 Å². The standard InChI is InChI=1S/C16H19Cl2N3OS/c17-14-5-4-12(9-15(14)18)10-20-16(23)21(7-2-6-19)11-13-3-1-8-22-13/h4-5,9,13H,1-3,7-8,10-11H2,(H,20,23). The van der Waals surface area contributed by atoms with Gasteiger partial charge in [0.15, 0.2) is 5.11 Å². The zero-order valence-corrected chi connectivity index (χ0v) is 15.1. The molecular formula is C16H19Cl2N3OS. The molecule has 1 saturated heterocycles. The Morgan fingerprint density at radius 1 is 1.43 bits per heavy atom. The molecule has 0 bridgehead atoms. The van der Waals surface area contributed by atoms with Crippen LogP contribution in [0.15, 0.2) is 18.2 Å². The summed E-state index contributed by atoms with van der Waals surface area (Å²) in [7, 11) is 0. The Kier molecular flexibility index (Phi) is 7.38. The van der Waals surface area contributed by atoms with Gasteiger partial charge in [-0.25, -0.2) is 0 Å². The molecule has 7 heteroatoms. The van der Waals surface area contributed by atoms with Crippen LogP contribution in [0.1, 0.15) is 24.8 Å². The molecule has 1 aromatic carbocycles. The van der Waals surface area contributed by atoms with Crippen molar-refractivity contribution in [2.24, 2.45) is 0 Å². The summed E-state index contributed by atoms with van der Waals surface area (Å²) < 4.78 is 5.66. The molecular weight excluding hydrogens is 353 g/mol. The predicted molar refractivity (Wildman–Crippen MR) is 96.7 cm³/mol. The lowest BCUT2D eigenvalue weighted by atomic mass is 10.2. The van der Waals surface area contributed by atoms with Gasteiger partial charge < -0.3 is 15.0 Å². The number of rotatable bonds is 6. The van der Waals surface area contributed by atoms with Crippen LogP contribution in [-0.2, 0) is 11.3 Å². The molecule has 1 aliphatic heterocycles. The van der Waals surface area contributed by atoms with Gasteiger partial charge in [-0.2, -0.15) is 5.26 Å². The molecule has 0 radical (unpaired) electrons. The number of thiocarbonyl (C=S) groups is 1. The fourth-order valence-corrected chi connectivity index (χ4v) is 2.99. The van der Waals surface area contributed by atoms with Gasteiger partial charge in [0.05, 0.1) is 28.6 Å². The molecule has 0 aromatic heterocycles. The molecule has 1 aliphatic rings. The summed E-state index contributed by atoms with van der Waals surface area (Å²) in [6, 6.07) is 7.66. The molecule has 0 spiro atoms. The van der Waals surface area contributed by atoms with Gasteiger partial charge in [-0.15, -0.1) is 0 Å². The first kappa shape index (κ1) is 18.3. The van der Waals surface area contributed by atoms with Crippen LogP contribution >= 0.6 is 35.4 Å². The van der Waals surface area contributed by atoms with Gasteiger partial charge in [-0.3, -0.25) is 0 Å². The topological polar surface area (TPSA) is 48.3 Å². The second kappa shape index (κ2) is 9.29. The first-order valence-electron chi connectivity index (χ1n) is 7.55. The highest BCUT2D eigenvalue weighted by Gasteiger charge is 2.20. The maximum absolute atomic E-state index is 8.82. The fourth-order valence-electron chi connectivity index (χ4n) is 2.43. The van der Waals surface area contributed by atoms with Crippen LogP contribution in [0.4, 0.5) is 0 Å². The highest BCUT2D eigenvalue weighted by molar-refractivity contribution is 7.80. The second-order valence-electron chi connectivity index (χ2n) is 5.40. The summed E-state index contributed by atoms with van der Waals surface area (Å²) in [6.07, 6.45) is 2.75. The third kappa shape index (κ3) is 5.82. The van der Waals surface area contributed by atoms with Crippen molar-refractivity contribution >= 4 is 40.5 Å². The molecule has 0 amide bonds. The molecule has 4 nitrogen and oxygen atoms in total. The summed E-state index contributed by atoms with van der Waals surface area (Å²) >= 11 is 17.4. The molecule has 1 unspecified atom stereocenters. The Bertz CT molecular complexity index is 585. The highest BCUT2D eigenvalue weighted by Crippen LogP contribution is 2.22. The number of halogens is 2. The average molecular weight is 372 g/mol. The lowest BCUT2D eigenvalue weighted by molar-refractivity contribution is 0.0914. The third-order valence-corrected chi connectivity index (χ3v) is 4.80. The zero-order valence-electron chi connectivity index (χ0n) is 12.7. The van der Waals surface area contributed by atoms with Crippen LogP contribution in [0.5, 0.6) is 0 Å². The van der Waals surface area contributed by atoms with E-state index in [9.17, 15) is 0 Å².